The van der Waals surface area contributed by atoms with Crippen LogP contribution in [0.2, 0.25) is 5.02 Å². The van der Waals surface area contributed by atoms with E-state index in [0.717, 1.165) is 3.57 Å². The summed E-state index contributed by atoms with van der Waals surface area (Å²) in [5.41, 5.74) is 0.960. The number of halogens is 2. The molecular formula is C15H12ClIN2O3. The Hall–Kier alpha value is -1.80. The highest BCUT2D eigenvalue weighted by Gasteiger charge is 2.14. The topological polar surface area (TPSA) is 67.4 Å². The standard InChI is InChI=1S/C15H12ClIN2O3/c1-22-13-7-6-11(8-12(13)16)19-15(21)14(20)18-10-4-2-9(17)3-5-10/h2-8H,1H3,(H,18,20)(H,19,21). The van der Waals surface area contributed by atoms with Crippen LogP contribution in [-0.4, -0.2) is 18.9 Å². The van der Waals surface area contributed by atoms with Crippen LogP contribution in [0.25, 0.3) is 0 Å². The van der Waals surface area contributed by atoms with Gasteiger partial charge in [0.05, 0.1) is 12.1 Å². The quantitative estimate of drug-likeness (QED) is 0.578. The van der Waals surface area contributed by atoms with Gasteiger partial charge < -0.3 is 15.4 Å². The first-order valence-electron chi connectivity index (χ1n) is 6.21. The van der Waals surface area contributed by atoms with Gasteiger partial charge in [-0.25, -0.2) is 0 Å². The molecule has 22 heavy (non-hydrogen) atoms. The molecule has 0 spiro atoms. The minimum atomic E-state index is -0.778. The van der Waals surface area contributed by atoms with Crippen LogP contribution in [0, 0.1) is 3.57 Å². The zero-order valence-electron chi connectivity index (χ0n) is 11.5. The molecule has 2 rings (SSSR count). The van der Waals surface area contributed by atoms with Gasteiger partial charge in [-0.1, -0.05) is 11.6 Å². The van der Waals surface area contributed by atoms with Gasteiger partial charge in [0.25, 0.3) is 0 Å². The molecule has 7 heteroatoms. The van der Waals surface area contributed by atoms with Crippen LogP contribution in [0.5, 0.6) is 5.75 Å². The molecule has 0 aliphatic rings. The Labute approximate surface area is 146 Å². The number of amides is 2. The lowest BCUT2D eigenvalue weighted by molar-refractivity contribution is -0.132. The van der Waals surface area contributed by atoms with Gasteiger partial charge >= 0.3 is 11.8 Å². The van der Waals surface area contributed by atoms with Crippen LogP contribution in [0.1, 0.15) is 0 Å². The maximum absolute atomic E-state index is 11.9. The molecule has 0 aliphatic carbocycles. The number of hydrogen-bond donors (Lipinski definition) is 2. The fourth-order valence-electron chi connectivity index (χ4n) is 1.65. The Morgan fingerprint density at radius 2 is 1.55 bits per heavy atom. The zero-order chi connectivity index (χ0) is 16.1. The van der Waals surface area contributed by atoms with E-state index in [0.29, 0.717) is 22.1 Å². The van der Waals surface area contributed by atoms with Crippen molar-refractivity contribution < 1.29 is 14.3 Å². The molecule has 0 unspecified atom stereocenters. The number of nitrogens with one attached hydrogen (secondary N) is 2. The largest absolute Gasteiger partial charge is 0.495 e. The predicted octanol–water partition coefficient (Wildman–Crippen LogP) is 3.53. The van der Waals surface area contributed by atoms with Gasteiger partial charge in [0.15, 0.2) is 0 Å². The first-order valence-corrected chi connectivity index (χ1v) is 7.66. The van der Waals surface area contributed by atoms with Crippen LogP contribution in [0.4, 0.5) is 11.4 Å². The Morgan fingerprint density at radius 3 is 2.09 bits per heavy atom. The smallest absolute Gasteiger partial charge is 0.314 e. The van der Waals surface area contributed by atoms with Crippen molar-refractivity contribution in [3.05, 3.63) is 51.1 Å². The summed E-state index contributed by atoms with van der Waals surface area (Å²) in [5.74, 6) is -1.05. The van der Waals surface area contributed by atoms with Crippen molar-refractivity contribution in [2.24, 2.45) is 0 Å². The van der Waals surface area contributed by atoms with Gasteiger partial charge in [0, 0.05) is 14.9 Å². The summed E-state index contributed by atoms with van der Waals surface area (Å²) in [7, 11) is 1.49. The number of carbonyl (C=O) groups is 2. The highest BCUT2D eigenvalue weighted by Crippen LogP contribution is 2.27. The van der Waals surface area contributed by atoms with E-state index in [1.165, 1.54) is 13.2 Å². The van der Waals surface area contributed by atoms with Gasteiger partial charge in [0.2, 0.25) is 0 Å². The molecule has 2 amide bonds. The van der Waals surface area contributed by atoms with E-state index in [9.17, 15) is 9.59 Å². The average molecular weight is 431 g/mol. The Balaban J connectivity index is 2.00. The number of benzene rings is 2. The second-order valence-corrected chi connectivity index (χ2v) is 5.92. The van der Waals surface area contributed by atoms with Gasteiger partial charge in [-0.05, 0) is 65.1 Å². The van der Waals surface area contributed by atoms with Crippen molar-refractivity contribution >= 4 is 57.4 Å². The summed E-state index contributed by atoms with van der Waals surface area (Å²) in [6, 6.07) is 11.8. The van der Waals surface area contributed by atoms with E-state index in [4.69, 9.17) is 16.3 Å². The average Bonchev–Trinajstić information content (AvgIpc) is 2.49. The molecule has 0 heterocycles. The monoisotopic (exact) mass is 430 g/mol. The van der Waals surface area contributed by atoms with E-state index in [1.54, 1.807) is 24.3 Å². The normalized spacial score (nSPS) is 9.95. The second kappa shape index (κ2) is 7.46. The second-order valence-electron chi connectivity index (χ2n) is 4.26. The zero-order valence-corrected chi connectivity index (χ0v) is 14.4. The third kappa shape index (κ3) is 4.35. The Morgan fingerprint density at radius 1 is 1.00 bits per heavy atom. The Bertz CT molecular complexity index is 704. The third-order valence-corrected chi connectivity index (χ3v) is 3.73. The fraction of sp³-hybridized carbons (Fsp3) is 0.0667. The molecule has 2 aromatic carbocycles. The minimum Gasteiger partial charge on any atom is -0.495 e. The summed E-state index contributed by atoms with van der Waals surface area (Å²) in [6.07, 6.45) is 0. The highest BCUT2D eigenvalue weighted by atomic mass is 127. The number of hydrogen-bond acceptors (Lipinski definition) is 3. The van der Waals surface area contributed by atoms with E-state index in [2.05, 4.69) is 33.2 Å². The molecule has 0 fully saturated rings. The van der Waals surface area contributed by atoms with Crippen molar-refractivity contribution in [2.45, 2.75) is 0 Å². The van der Waals surface area contributed by atoms with E-state index in [1.807, 2.05) is 12.1 Å². The highest BCUT2D eigenvalue weighted by molar-refractivity contribution is 14.1. The van der Waals surface area contributed by atoms with Gasteiger partial charge in [-0.15, -0.1) is 0 Å². The molecule has 5 nitrogen and oxygen atoms in total. The summed E-state index contributed by atoms with van der Waals surface area (Å²) in [4.78, 5) is 23.7. The number of rotatable bonds is 3. The Kier molecular flexibility index (Phi) is 5.62. The molecule has 0 aliphatic heterocycles. The van der Waals surface area contributed by atoms with Gasteiger partial charge in [0.1, 0.15) is 5.75 Å². The van der Waals surface area contributed by atoms with Crippen molar-refractivity contribution in [2.75, 3.05) is 17.7 Å². The van der Waals surface area contributed by atoms with Crippen LogP contribution in [0.15, 0.2) is 42.5 Å². The van der Waals surface area contributed by atoms with Crippen molar-refractivity contribution in [3.8, 4) is 5.75 Å². The van der Waals surface area contributed by atoms with Crippen molar-refractivity contribution in [1.82, 2.24) is 0 Å². The summed E-state index contributed by atoms with van der Waals surface area (Å²) < 4.78 is 6.05. The number of methoxy groups -OCH3 is 1. The first-order chi connectivity index (χ1) is 10.5. The number of carbonyl (C=O) groups excluding carboxylic acids is 2. The molecule has 0 radical (unpaired) electrons. The molecule has 0 atom stereocenters. The molecule has 0 aromatic heterocycles. The molecular weight excluding hydrogens is 419 g/mol. The minimum absolute atomic E-state index is 0.346. The number of ether oxygens (including phenoxy) is 1. The lowest BCUT2D eigenvalue weighted by Crippen LogP contribution is -2.29. The van der Waals surface area contributed by atoms with Crippen LogP contribution in [0.3, 0.4) is 0 Å². The predicted molar refractivity (Wildman–Crippen MR) is 94.4 cm³/mol. The molecule has 2 N–H and O–H groups in total. The fourth-order valence-corrected chi connectivity index (χ4v) is 2.27. The van der Waals surface area contributed by atoms with E-state index < -0.39 is 11.8 Å². The van der Waals surface area contributed by atoms with Gasteiger partial charge in [-0.3, -0.25) is 9.59 Å². The molecule has 2 aromatic rings. The van der Waals surface area contributed by atoms with Crippen LogP contribution < -0.4 is 15.4 Å². The van der Waals surface area contributed by atoms with E-state index in [-0.39, 0.29) is 0 Å². The molecule has 114 valence electrons. The van der Waals surface area contributed by atoms with Gasteiger partial charge in [-0.2, -0.15) is 0 Å². The lowest BCUT2D eigenvalue weighted by Gasteiger charge is -2.08. The van der Waals surface area contributed by atoms with E-state index >= 15 is 0 Å². The van der Waals surface area contributed by atoms with Crippen molar-refractivity contribution in [1.29, 1.82) is 0 Å². The van der Waals surface area contributed by atoms with Crippen LogP contribution in [-0.2, 0) is 9.59 Å². The van der Waals surface area contributed by atoms with Crippen LogP contribution >= 0.6 is 34.2 Å². The molecule has 0 bridgehead atoms. The first kappa shape index (κ1) is 16.6. The summed E-state index contributed by atoms with van der Waals surface area (Å²) >= 11 is 8.11. The summed E-state index contributed by atoms with van der Waals surface area (Å²) in [6.45, 7) is 0. The SMILES string of the molecule is COc1ccc(NC(=O)C(=O)Nc2ccc(I)cc2)cc1Cl. The maximum atomic E-state index is 11.9. The van der Waals surface area contributed by atoms with Crippen molar-refractivity contribution in [3.63, 3.8) is 0 Å². The maximum Gasteiger partial charge on any atom is 0.314 e. The molecule has 0 saturated carbocycles. The summed E-state index contributed by atoms with van der Waals surface area (Å²) in [5, 5.41) is 5.33. The number of anilines is 2. The lowest BCUT2D eigenvalue weighted by atomic mass is 10.3. The molecule has 0 saturated heterocycles. The third-order valence-electron chi connectivity index (χ3n) is 2.72.